The van der Waals surface area contributed by atoms with E-state index in [0.29, 0.717) is 6.07 Å². The predicted octanol–water partition coefficient (Wildman–Crippen LogP) is 2.63. The Morgan fingerprint density at radius 1 is 1.30 bits per heavy atom. The van der Waals surface area contributed by atoms with Gasteiger partial charge in [0.15, 0.2) is 0 Å². The van der Waals surface area contributed by atoms with E-state index >= 15 is 0 Å². The number of rotatable bonds is 5. The van der Waals surface area contributed by atoms with Crippen LogP contribution in [-0.2, 0) is 10.9 Å². The van der Waals surface area contributed by atoms with E-state index in [1.54, 1.807) is 6.92 Å². The van der Waals surface area contributed by atoms with E-state index in [-0.39, 0.29) is 12.1 Å². The molecule has 3 atom stereocenters. The lowest BCUT2D eigenvalue weighted by Gasteiger charge is -2.24. The summed E-state index contributed by atoms with van der Waals surface area (Å²) in [6.45, 7) is 2.98. The van der Waals surface area contributed by atoms with Crippen LogP contribution in [0.1, 0.15) is 31.1 Å². The fraction of sp³-hybridized carbons (Fsp3) is 0.538. The van der Waals surface area contributed by atoms with Gasteiger partial charge >= 0.3 is 6.18 Å². The Morgan fingerprint density at radius 2 is 1.90 bits per heavy atom. The minimum Gasteiger partial charge on any atom is -0.391 e. The zero-order valence-corrected chi connectivity index (χ0v) is 11.1. The van der Waals surface area contributed by atoms with Crippen LogP contribution in [0, 0.1) is 5.82 Å². The third kappa shape index (κ3) is 4.16. The molecular weight excluding hydrogens is 278 g/mol. The molecule has 7 heteroatoms. The summed E-state index contributed by atoms with van der Waals surface area (Å²) in [6, 6.07) is 2.61. The first-order valence-corrected chi connectivity index (χ1v) is 6.07. The van der Waals surface area contributed by atoms with Crippen molar-refractivity contribution in [1.29, 1.82) is 0 Å². The number of benzene rings is 1. The first-order valence-electron chi connectivity index (χ1n) is 6.07. The van der Waals surface area contributed by atoms with E-state index in [1.807, 2.05) is 0 Å². The number of aliphatic hydroxyl groups excluding tert-OH is 1. The highest BCUT2D eigenvalue weighted by atomic mass is 19.4. The molecule has 0 aliphatic rings. The van der Waals surface area contributed by atoms with Gasteiger partial charge in [0.1, 0.15) is 5.82 Å². The predicted molar refractivity (Wildman–Crippen MR) is 65.4 cm³/mol. The molecule has 0 aromatic heterocycles. The van der Waals surface area contributed by atoms with Crippen molar-refractivity contribution in [2.45, 2.75) is 38.3 Å². The highest BCUT2D eigenvalue weighted by Crippen LogP contribution is 2.33. The average molecular weight is 295 g/mol. The molecule has 1 aromatic carbocycles. The zero-order valence-electron chi connectivity index (χ0n) is 11.1. The quantitative estimate of drug-likeness (QED) is 0.821. The molecule has 0 aliphatic carbocycles. The molecule has 0 aliphatic heterocycles. The van der Waals surface area contributed by atoms with Crippen molar-refractivity contribution in [3.05, 3.63) is 35.1 Å². The summed E-state index contributed by atoms with van der Waals surface area (Å²) in [5.74, 6) is -1.35. The van der Waals surface area contributed by atoms with Crippen molar-refractivity contribution in [3.8, 4) is 0 Å². The van der Waals surface area contributed by atoms with Crippen LogP contribution in [-0.4, -0.2) is 23.9 Å². The number of halogens is 4. The second-order valence-electron chi connectivity index (χ2n) is 4.54. The molecule has 0 radical (unpaired) electrons. The van der Waals surface area contributed by atoms with E-state index in [2.05, 4.69) is 0 Å². The van der Waals surface area contributed by atoms with Crippen LogP contribution in [0.4, 0.5) is 17.6 Å². The summed E-state index contributed by atoms with van der Waals surface area (Å²) < 4.78 is 56.5. The Labute approximate surface area is 114 Å². The average Bonchev–Trinajstić information content (AvgIpc) is 2.34. The van der Waals surface area contributed by atoms with Crippen LogP contribution in [0.15, 0.2) is 18.2 Å². The third-order valence-electron chi connectivity index (χ3n) is 2.94. The Bertz CT molecular complexity index is 448. The number of nitrogens with two attached hydrogens (primary N) is 1. The molecule has 0 heterocycles. The summed E-state index contributed by atoms with van der Waals surface area (Å²) in [6.07, 6.45) is -7.04. The second-order valence-corrected chi connectivity index (χ2v) is 4.54. The van der Waals surface area contributed by atoms with Gasteiger partial charge in [0.25, 0.3) is 0 Å². The molecule has 114 valence electrons. The number of alkyl halides is 3. The highest BCUT2D eigenvalue weighted by molar-refractivity contribution is 5.29. The van der Waals surface area contributed by atoms with Crippen LogP contribution < -0.4 is 5.73 Å². The molecule has 3 nitrogen and oxygen atoms in total. The molecule has 1 rings (SSSR count). The van der Waals surface area contributed by atoms with E-state index in [0.717, 1.165) is 6.07 Å². The zero-order chi connectivity index (χ0) is 15.5. The molecule has 0 saturated carbocycles. The number of hydrogen-bond acceptors (Lipinski definition) is 3. The lowest BCUT2D eigenvalue weighted by Crippen LogP contribution is -2.28. The monoisotopic (exact) mass is 295 g/mol. The smallest absolute Gasteiger partial charge is 0.391 e. The molecular formula is C13H17F4NO2. The normalized spacial score (nSPS) is 16.8. The fourth-order valence-corrected chi connectivity index (χ4v) is 1.60. The van der Waals surface area contributed by atoms with Crippen LogP contribution in [0.5, 0.6) is 0 Å². The summed E-state index contributed by atoms with van der Waals surface area (Å²) in [4.78, 5) is 0. The van der Waals surface area contributed by atoms with Crippen molar-refractivity contribution in [1.82, 2.24) is 0 Å². The van der Waals surface area contributed by atoms with Gasteiger partial charge in [0.05, 0.1) is 23.9 Å². The van der Waals surface area contributed by atoms with E-state index < -0.39 is 35.9 Å². The van der Waals surface area contributed by atoms with Gasteiger partial charge in [-0.1, -0.05) is 6.07 Å². The van der Waals surface area contributed by atoms with Gasteiger partial charge in [-0.05, 0) is 31.5 Å². The molecule has 1 aromatic rings. The lowest BCUT2D eigenvalue weighted by molar-refractivity contribution is -0.140. The summed E-state index contributed by atoms with van der Waals surface area (Å²) in [7, 11) is 0. The summed E-state index contributed by atoms with van der Waals surface area (Å²) in [5.41, 5.74) is 4.23. The number of ether oxygens (including phenoxy) is 1. The maximum atomic E-state index is 13.2. The van der Waals surface area contributed by atoms with Crippen LogP contribution in [0.3, 0.4) is 0 Å². The lowest BCUT2D eigenvalue weighted by atomic mass is 10.0. The van der Waals surface area contributed by atoms with Crippen molar-refractivity contribution < 1.29 is 27.4 Å². The largest absolute Gasteiger partial charge is 0.419 e. The van der Waals surface area contributed by atoms with Crippen LogP contribution in [0.2, 0.25) is 0 Å². The minimum atomic E-state index is -4.78. The maximum Gasteiger partial charge on any atom is 0.419 e. The molecule has 3 unspecified atom stereocenters. The van der Waals surface area contributed by atoms with Crippen molar-refractivity contribution in [3.63, 3.8) is 0 Å². The fourth-order valence-electron chi connectivity index (χ4n) is 1.60. The standard InChI is InChI=1S/C13H17F4NO2/c1-7(19)8(2)20-12(6-18)9-3-4-11(14)10(5-9)13(15,16)17/h3-5,7-8,12,19H,6,18H2,1-2H3. The van der Waals surface area contributed by atoms with Crippen LogP contribution in [0.25, 0.3) is 0 Å². The topological polar surface area (TPSA) is 55.5 Å². The van der Waals surface area contributed by atoms with Crippen molar-refractivity contribution >= 4 is 0 Å². The van der Waals surface area contributed by atoms with E-state index in [4.69, 9.17) is 10.5 Å². The van der Waals surface area contributed by atoms with Gasteiger partial charge in [-0.2, -0.15) is 13.2 Å². The van der Waals surface area contributed by atoms with Gasteiger partial charge in [0.2, 0.25) is 0 Å². The molecule has 0 fully saturated rings. The third-order valence-corrected chi connectivity index (χ3v) is 2.94. The van der Waals surface area contributed by atoms with Crippen molar-refractivity contribution in [2.75, 3.05) is 6.54 Å². The van der Waals surface area contributed by atoms with Gasteiger partial charge in [-0.15, -0.1) is 0 Å². The first kappa shape index (κ1) is 16.9. The Hall–Kier alpha value is -1.18. The minimum absolute atomic E-state index is 0.0833. The van der Waals surface area contributed by atoms with E-state index in [9.17, 15) is 22.7 Å². The first-order chi connectivity index (χ1) is 9.16. The number of aliphatic hydroxyl groups is 1. The second kappa shape index (κ2) is 6.51. The number of hydrogen-bond donors (Lipinski definition) is 2. The van der Waals surface area contributed by atoms with E-state index in [1.165, 1.54) is 13.0 Å². The van der Waals surface area contributed by atoms with Gasteiger partial charge in [-0.25, -0.2) is 4.39 Å². The molecule has 0 saturated heterocycles. The molecule has 3 N–H and O–H groups in total. The van der Waals surface area contributed by atoms with Gasteiger partial charge in [-0.3, -0.25) is 0 Å². The highest BCUT2D eigenvalue weighted by Gasteiger charge is 2.34. The van der Waals surface area contributed by atoms with Crippen molar-refractivity contribution in [2.24, 2.45) is 5.73 Å². The Morgan fingerprint density at radius 3 is 2.35 bits per heavy atom. The molecule has 0 amide bonds. The van der Waals surface area contributed by atoms with Gasteiger partial charge < -0.3 is 15.6 Å². The maximum absolute atomic E-state index is 13.2. The Kier molecular flexibility index (Phi) is 5.50. The summed E-state index contributed by atoms with van der Waals surface area (Å²) in [5, 5.41) is 9.33. The van der Waals surface area contributed by atoms with Crippen LogP contribution >= 0.6 is 0 Å². The molecule has 0 bridgehead atoms. The Balaban J connectivity index is 3.05. The molecule has 0 spiro atoms. The summed E-state index contributed by atoms with van der Waals surface area (Å²) >= 11 is 0. The molecule has 20 heavy (non-hydrogen) atoms. The SMILES string of the molecule is CC(O)C(C)OC(CN)c1ccc(F)c(C(F)(F)F)c1. The van der Waals surface area contributed by atoms with Gasteiger partial charge in [0, 0.05) is 6.54 Å².